The molecule has 0 spiro atoms. The number of rotatable bonds is 5. The van der Waals surface area contributed by atoms with Crippen molar-refractivity contribution in [2.45, 2.75) is 27.7 Å². The van der Waals surface area contributed by atoms with Gasteiger partial charge in [-0.2, -0.15) is 9.98 Å². The molecule has 0 fully saturated rings. The first kappa shape index (κ1) is 25.0. The molecule has 0 aliphatic rings. The first-order valence-electron chi connectivity index (χ1n) is 10.5. The van der Waals surface area contributed by atoms with Crippen LogP contribution in [0.2, 0.25) is 0 Å². The average Bonchev–Trinajstić information content (AvgIpc) is 2.81. The van der Waals surface area contributed by atoms with Crippen LogP contribution < -0.4 is 11.5 Å². The second-order valence-electron chi connectivity index (χ2n) is 6.40. The number of hydrogen-bond donors (Lipinski definition) is 3. The number of carbonyl (C=O) groups is 1. The topological polar surface area (TPSA) is 149 Å². The van der Waals surface area contributed by atoms with E-state index < -0.39 is 5.97 Å². The third-order valence-corrected chi connectivity index (χ3v) is 4.25. The quantitative estimate of drug-likeness (QED) is 0.177. The Morgan fingerprint density at radius 1 is 1.03 bits per heavy atom. The second kappa shape index (κ2) is 11.9. The number of aliphatic hydroxyl groups excluding tert-OH is 1. The summed E-state index contributed by atoms with van der Waals surface area (Å²) in [6, 6.07) is 15.9. The number of guanidine groups is 1. The predicted molar refractivity (Wildman–Crippen MR) is 131 cm³/mol. The molecule has 0 unspecified atom stereocenters. The Bertz CT molecular complexity index is 1200. The van der Waals surface area contributed by atoms with Gasteiger partial charge >= 0.3 is 5.97 Å². The standard InChI is InChI=1S/C22H22N6O3.C2H6/c1-3-31-20(30)17(18(29)14-9-5-4-6-10-14)19(23)27-21(24)28-22-25-13(2)15-11-7-8-12-16(15)26-22;1-2/h4-12,29H,3H2,1-2H3,(H4,23,24,25,26,27,28);1-2H3/b18-17-;. The fraction of sp³-hybridized carbons (Fsp3) is 0.208. The first-order valence-corrected chi connectivity index (χ1v) is 10.5. The minimum atomic E-state index is -0.837. The maximum absolute atomic E-state index is 12.4. The van der Waals surface area contributed by atoms with E-state index in [-0.39, 0.29) is 35.7 Å². The number of ether oxygens (including phenoxy) is 1. The Morgan fingerprint density at radius 3 is 2.33 bits per heavy atom. The Balaban J connectivity index is 0.00000187. The third kappa shape index (κ3) is 6.36. The zero-order valence-electron chi connectivity index (χ0n) is 19.1. The number of amidine groups is 1. The van der Waals surface area contributed by atoms with Crippen LogP contribution in [0.5, 0.6) is 0 Å². The Labute approximate surface area is 192 Å². The van der Waals surface area contributed by atoms with Crippen LogP contribution in [-0.2, 0) is 9.53 Å². The largest absolute Gasteiger partial charge is 0.506 e. The van der Waals surface area contributed by atoms with Gasteiger partial charge in [0.1, 0.15) is 17.2 Å². The summed E-state index contributed by atoms with van der Waals surface area (Å²) in [5.74, 6) is -1.76. The lowest BCUT2D eigenvalue weighted by Crippen LogP contribution is -2.27. The highest BCUT2D eigenvalue weighted by atomic mass is 16.5. The molecule has 0 saturated heterocycles. The van der Waals surface area contributed by atoms with Gasteiger partial charge in [0.25, 0.3) is 5.95 Å². The number of nitrogens with two attached hydrogens (primary N) is 2. The smallest absolute Gasteiger partial charge is 0.345 e. The van der Waals surface area contributed by atoms with Crippen LogP contribution in [0.15, 0.2) is 70.2 Å². The summed E-state index contributed by atoms with van der Waals surface area (Å²) in [5.41, 5.74) is 13.4. The number of fused-ring (bicyclic) bond motifs is 1. The van der Waals surface area contributed by atoms with Crippen molar-refractivity contribution < 1.29 is 14.6 Å². The van der Waals surface area contributed by atoms with Crippen molar-refractivity contribution in [3.63, 3.8) is 0 Å². The average molecular weight is 449 g/mol. The highest BCUT2D eigenvalue weighted by Crippen LogP contribution is 2.19. The van der Waals surface area contributed by atoms with Crippen molar-refractivity contribution in [2.24, 2.45) is 21.5 Å². The number of aryl methyl sites for hydroxylation is 1. The zero-order chi connectivity index (χ0) is 24.4. The van der Waals surface area contributed by atoms with Gasteiger partial charge in [-0.1, -0.05) is 62.4 Å². The van der Waals surface area contributed by atoms with E-state index in [4.69, 9.17) is 16.2 Å². The molecule has 0 saturated carbocycles. The number of esters is 1. The van der Waals surface area contributed by atoms with Crippen molar-refractivity contribution in [2.75, 3.05) is 6.61 Å². The van der Waals surface area contributed by atoms with Gasteiger partial charge in [0.2, 0.25) is 5.96 Å². The SMILES string of the molecule is CC.CCOC(=O)C(/C(N)=N/C(N)=N/c1nc(C)c2ccccc2n1)=C(\O)c1ccccc1. The lowest BCUT2D eigenvalue weighted by Gasteiger charge is -2.10. The van der Waals surface area contributed by atoms with E-state index in [1.165, 1.54) is 0 Å². The van der Waals surface area contributed by atoms with Crippen molar-refractivity contribution >= 4 is 40.4 Å². The molecular formula is C24H28N6O3. The summed E-state index contributed by atoms with van der Waals surface area (Å²) in [5, 5.41) is 11.5. The van der Waals surface area contributed by atoms with Crippen LogP contribution in [0.3, 0.4) is 0 Å². The van der Waals surface area contributed by atoms with Crippen LogP contribution in [-0.4, -0.2) is 39.4 Å². The van der Waals surface area contributed by atoms with Gasteiger partial charge in [-0.3, -0.25) is 0 Å². The summed E-state index contributed by atoms with van der Waals surface area (Å²) in [7, 11) is 0. The molecule has 0 atom stereocenters. The van der Waals surface area contributed by atoms with Crippen LogP contribution in [0.25, 0.3) is 16.7 Å². The van der Waals surface area contributed by atoms with Crippen LogP contribution >= 0.6 is 0 Å². The Morgan fingerprint density at radius 2 is 1.67 bits per heavy atom. The molecule has 3 rings (SSSR count). The van der Waals surface area contributed by atoms with E-state index in [0.717, 1.165) is 11.1 Å². The van der Waals surface area contributed by atoms with Crippen molar-refractivity contribution in [3.8, 4) is 0 Å². The molecule has 5 N–H and O–H groups in total. The van der Waals surface area contributed by atoms with Gasteiger partial charge in [0.15, 0.2) is 0 Å². The summed E-state index contributed by atoms with van der Waals surface area (Å²) < 4.78 is 5.01. The maximum atomic E-state index is 12.4. The fourth-order valence-corrected chi connectivity index (χ4v) is 2.84. The van der Waals surface area contributed by atoms with Crippen molar-refractivity contribution in [1.29, 1.82) is 0 Å². The lowest BCUT2D eigenvalue weighted by molar-refractivity contribution is -0.137. The predicted octanol–water partition coefficient (Wildman–Crippen LogP) is 3.80. The molecule has 1 aromatic heterocycles. The molecule has 3 aromatic rings. The number of benzene rings is 2. The first-order chi connectivity index (χ1) is 15.9. The van der Waals surface area contributed by atoms with Crippen LogP contribution in [0.1, 0.15) is 32.0 Å². The summed E-state index contributed by atoms with van der Waals surface area (Å²) in [4.78, 5) is 29.1. The number of para-hydroxylation sites is 1. The molecule has 0 aliphatic heterocycles. The normalized spacial score (nSPS) is 12.5. The number of aliphatic imine (C=N–C) groups is 2. The molecular weight excluding hydrogens is 420 g/mol. The van der Waals surface area contributed by atoms with Gasteiger partial charge in [-0.05, 0) is 19.9 Å². The van der Waals surface area contributed by atoms with Crippen LogP contribution in [0.4, 0.5) is 5.95 Å². The summed E-state index contributed by atoms with van der Waals surface area (Å²) in [6.45, 7) is 7.56. The van der Waals surface area contributed by atoms with Crippen molar-refractivity contribution in [1.82, 2.24) is 9.97 Å². The molecule has 0 bridgehead atoms. The van der Waals surface area contributed by atoms with E-state index in [2.05, 4.69) is 20.0 Å². The molecule has 0 aliphatic carbocycles. The second-order valence-corrected chi connectivity index (χ2v) is 6.40. The van der Waals surface area contributed by atoms with E-state index in [1.54, 1.807) is 37.3 Å². The molecule has 33 heavy (non-hydrogen) atoms. The van der Waals surface area contributed by atoms with E-state index >= 15 is 0 Å². The molecule has 0 amide bonds. The van der Waals surface area contributed by atoms with Gasteiger partial charge in [-0.25, -0.2) is 14.8 Å². The third-order valence-electron chi connectivity index (χ3n) is 4.25. The minimum Gasteiger partial charge on any atom is -0.506 e. The Kier molecular flexibility index (Phi) is 9.05. The van der Waals surface area contributed by atoms with Gasteiger partial charge in [0.05, 0.1) is 17.8 Å². The minimum absolute atomic E-state index is 0.0888. The molecule has 172 valence electrons. The molecule has 9 nitrogen and oxygen atoms in total. The summed E-state index contributed by atoms with van der Waals surface area (Å²) in [6.07, 6.45) is 0. The number of aliphatic hydroxyl groups is 1. The monoisotopic (exact) mass is 448 g/mol. The van der Waals surface area contributed by atoms with Crippen molar-refractivity contribution in [3.05, 3.63) is 71.4 Å². The zero-order valence-corrected chi connectivity index (χ0v) is 19.1. The van der Waals surface area contributed by atoms with Gasteiger partial charge in [0, 0.05) is 10.9 Å². The number of hydrogen-bond acceptors (Lipinski definition) is 6. The maximum Gasteiger partial charge on any atom is 0.345 e. The number of aromatic nitrogens is 2. The fourth-order valence-electron chi connectivity index (χ4n) is 2.84. The summed E-state index contributed by atoms with van der Waals surface area (Å²) >= 11 is 0. The lowest BCUT2D eigenvalue weighted by atomic mass is 10.1. The molecule has 1 heterocycles. The molecule has 9 heteroatoms. The molecule has 2 aromatic carbocycles. The van der Waals surface area contributed by atoms with E-state index in [1.807, 2.05) is 45.0 Å². The number of nitrogens with zero attached hydrogens (tertiary/aromatic N) is 4. The van der Waals surface area contributed by atoms with Gasteiger partial charge in [-0.15, -0.1) is 0 Å². The van der Waals surface area contributed by atoms with E-state index in [0.29, 0.717) is 11.1 Å². The highest BCUT2D eigenvalue weighted by molar-refractivity contribution is 6.24. The highest BCUT2D eigenvalue weighted by Gasteiger charge is 2.22. The van der Waals surface area contributed by atoms with E-state index in [9.17, 15) is 9.90 Å². The van der Waals surface area contributed by atoms with Gasteiger partial charge < -0.3 is 21.3 Å². The Hall–Kier alpha value is -4.27. The molecule has 0 radical (unpaired) electrons. The number of carbonyl (C=O) groups excluding carboxylic acids is 1. The van der Waals surface area contributed by atoms with Crippen LogP contribution in [0, 0.1) is 6.92 Å².